The summed E-state index contributed by atoms with van der Waals surface area (Å²) in [5.74, 6) is -0.948. The third-order valence-corrected chi connectivity index (χ3v) is 2.91. The summed E-state index contributed by atoms with van der Waals surface area (Å²) in [5.41, 5.74) is 0.204. The molecule has 1 rings (SSSR count). The van der Waals surface area contributed by atoms with Crippen molar-refractivity contribution >= 4 is 5.97 Å². The number of aliphatic hydroxyl groups excluding tert-OH is 1. The zero-order valence-corrected chi connectivity index (χ0v) is 8.98. The van der Waals surface area contributed by atoms with E-state index in [1.165, 1.54) is 0 Å². The first-order chi connectivity index (χ1) is 7.15. The van der Waals surface area contributed by atoms with E-state index in [-0.39, 0.29) is 18.2 Å². The lowest BCUT2D eigenvalue weighted by atomic mass is 10.1. The SMILES string of the molecule is C=C(CN1CCCCCC1CO)C(=O)O. The Morgan fingerprint density at radius 3 is 2.73 bits per heavy atom. The summed E-state index contributed by atoms with van der Waals surface area (Å²) in [6.45, 7) is 4.85. The number of aliphatic carboxylic acids is 1. The second kappa shape index (κ2) is 5.88. The second-order valence-electron chi connectivity index (χ2n) is 4.06. The van der Waals surface area contributed by atoms with E-state index in [4.69, 9.17) is 5.11 Å². The van der Waals surface area contributed by atoms with E-state index in [1.807, 2.05) is 4.90 Å². The lowest BCUT2D eigenvalue weighted by molar-refractivity contribution is -0.133. The fourth-order valence-electron chi connectivity index (χ4n) is 1.96. The molecule has 1 aliphatic heterocycles. The van der Waals surface area contributed by atoms with Crippen molar-refractivity contribution in [1.82, 2.24) is 4.90 Å². The number of hydrogen-bond acceptors (Lipinski definition) is 3. The van der Waals surface area contributed by atoms with E-state index in [9.17, 15) is 9.90 Å². The molecular formula is C11H19NO3. The van der Waals surface area contributed by atoms with Crippen LogP contribution >= 0.6 is 0 Å². The molecule has 1 heterocycles. The van der Waals surface area contributed by atoms with Crippen molar-refractivity contribution in [3.8, 4) is 0 Å². The van der Waals surface area contributed by atoms with Crippen molar-refractivity contribution in [2.45, 2.75) is 31.7 Å². The van der Waals surface area contributed by atoms with Gasteiger partial charge in [-0.15, -0.1) is 0 Å². The first-order valence-corrected chi connectivity index (χ1v) is 5.41. The van der Waals surface area contributed by atoms with Gasteiger partial charge in [0.1, 0.15) is 0 Å². The highest BCUT2D eigenvalue weighted by Gasteiger charge is 2.21. The van der Waals surface area contributed by atoms with Crippen molar-refractivity contribution in [3.05, 3.63) is 12.2 Å². The predicted molar refractivity (Wildman–Crippen MR) is 57.7 cm³/mol. The Kier molecular flexibility index (Phi) is 4.78. The molecular weight excluding hydrogens is 194 g/mol. The summed E-state index contributed by atoms with van der Waals surface area (Å²) >= 11 is 0. The monoisotopic (exact) mass is 213 g/mol. The quantitative estimate of drug-likeness (QED) is 0.680. The van der Waals surface area contributed by atoms with Gasteiger partial charge in [-0.25, -0.2) is 4.79 Å². The molecule has 1 atom stereocenters. The molecule has 2 N–H and O–H groups in total. The summed E-state index contributed by atoms with van der Waals surface area (Å²) < 4.78 is 0. The molecule has 0 saturated carbocycles. The number of rotatable bonds is 4. The maximum Gasteiger partial charge on any atom is 0.332 e. The van der Waals surface area contributed by atoms with Crippen LogP contribution in [-0.2, 0) is 4.79 Å². The molecule has 1 aliphatic rings. The van der Waals surface area contributed by atoms with E-state index < -0.39 is 5.97 Å². The molecule has 0 spiro atoms. The van der Waals surface area contributed by atoms with E-state index >= 15 is 0 Å². The van der Waals surface area contributed by atoms with Crippen LogP contribution in [0.15, 0.2) is 12.2 Å². The molecule has 86 valence electrons. The van der Waals surface area contributed by atoms with Crippen molar-refractivity contribution in [1.29, 1.82) is 0 Å². The van der Waals surface area contributed by atoms with Gasteiger partial charge in [-0.05, 0) is 19.4 Å². The van der Waals surface area contributed by atoms with Crippen LogP contribution in [0.1, 0.15) is 25.7 Å². The lowest BCUT2D eigenvalue weighted by Gasteiger charge is -2.28. The number of carboxylic acids is 1. The van der Waals surface area contributed by atoms with Crippen molar-refractivity contribution in [3.63, 3.8) is 0 Å². The van der Waals surface area contributed by atoms with Crippen LogP contribution in [0.25, 0.3) is 0 Å². The molecule has 15 heavy (non-hydrogen) atoms. The normalized spacial score (nSPS) is 23.4. The third-order valence-electron chi connectivity index (χ3n) is 2.91. The van der Waals surface area contributed by atoms with E-state index in [2.05, 4.69) is 6.58 Å². The summed E-state index contributed by atoms with van der Waals surface area (Å²) in [6.07, 6.45) is 4.29. The Labute approximate surface area is 90.2 Å². The number of aliphatic hydroxyl groups is 1. The molecule has 0 radical (unpaired) electrons. The Morgan fingerprint density at radius 1 is 1.40 bits per heavy atom. The number of carboxylic acid groups (broad SMARTS) is 1. The van der Waals surface area contributed by atoms with Gasteiger partial charge in [0.25, 0.3) is 0 Å². The average molecular weight is 213 g/mol. The van der Waals surface area contributed by atoms with Crippen LogP contribution < -0.4 is 0 Å². The highest BCUT2D eigenvalue weighted by molar-refractivity contribution is 5.86. The molecule has 0 aromatic carbocycles. The standard InChI is InChI=1S/C11H19NO3/c1-9(11(14)15)7-12-6-4-2-3-5-10(12)8-13/h10,13H,1-8H2,(H,14,15). The summed E-state index contributed by atoms with van der Waals surface area (Å²) in [6, 6.07) is 0.101. The second-order valence-corrected chi connectivity index (χ2v) is 4.06. The lowest BCUT2D eigenvalue weighted by Crippen LogP contribution is -2.39. The number of hydrogen-bond donors (Lipinski definition) is 2. The minimum Gasteiger partial charge on any atom is -0.478 e. The number of carbonyl (C=O) groups is 1. The molecule has 1 fully saturated rings. The highest BCUT2D eigenvalue weighted by Crippen LogP contribution is 2.17. The molecule has 0 amide bonds. The van der Waals surface area contributed by atoms with E-state index in [1.54, 1.807) is 0 Å². The predicted octanol–water partition coefficient (Wildman–Crippen LogP) is 0.864. The van der Waals surface area contributed by atoms with Crippen LogP contribution in [0, 0.1) is 0 Å². The van der Waals surface area contributed by atoms with Crippen molar-refractivity contribution in [2.75, 3.05) is 19.7 Å². The van der Waals surface area contributed by atoms with Gasteiger partial charge in [-0.1, -0.05) is 19.4 Å². The molecule has 0 aromatic heterocycles. The zero-order valence-electron chi connectivity index (χ0n) is 8.98. The molecule has 0 bridgehead atoms. The Bertz CT molecular complexity index is 240. The van der Waals surface area contributed by atoms with Gasteiger partial charge < -0.3 is 10.2 Å². The van der Waals surface area contributed by atoms with E-state index in [0.717, 1.165) is 32.2 Å². The van der Waals surface area contributed by atoms with E-state index in [0.29, 0.717) is 6.54 Å². The number of nitrogens with zero attached hydrogens (tertiary/aromatic N) is 1. The maximum atomic E-state index is 10.7. The summed E-state index contributed by atoms with van der Waals surface area (Å²) in [4.78, 5) is 12.7. The van der Waals surface area contributed by atoms with Crippen LogP contribution in [0.5, 0.6) is 0 Å². The minimum atomic E-state index is -0.948. The van der Waals surface area contributed by atoms with Gasteiger partial charge in [0.05, 0.1) is 6.61 Å². The fraction of sp³-hybridized carbons (Fsp3) is 0.727. The first-order valence-electron chi connectivity index (χ1n) is 5.41. The Balaban J connectivity index is 2.55. The maximum absolute atomic E-state index is 10.7. The van der Waals surface area contributed by atoms with Crippen LogP contribution in [0.2, 0.25) is 0 Å². The Hall–Kier alpha value is -0.870. The average Bonchev–Trinajstić information content (AvgIpc) is 2.42. The van der Waals surface area contributed by atoms with Crippen molar-refractivity contribution in [2.24, 2.45) is 0 Å². The van der Waals surface area contributed by atoms with Gasteiger partial charge in [0.15, 0.2) is 0 Å². The molecule has 0 aromatic rings. The number of likely N-dealkylation sites (tertiary alicyclic amines) is 1. The van der Waals surface area contributed by atoms with Crippen LogP contribution in [-0.4, -0.2) is 46.8 Å². The smallest absolute Gasteiger partial charge is 0.332 e. The molecule has 1 saturated heterocycles. The van der Waals surface area contributed by atoms with Gasteiger partial charge in [0, 0.05) is 18.2 Å². The van der Waals surface area contributed by atoms with Crippen LogP contribution in [0.3, 0.4) is 0 Å². The molecule has 0 aliphatic carbocycles. The summed E-state index contributed by atoms with van der Waals surface area (Å²) in [7, 11) is 0. The Morgan fingerprint density at radius 2 is 2.13 bits per heavy atom. The third kappa shape index (κ3) is 3.64. The van der Waals surface area contributed by atoms with Gasteiger partial charge in [-0.2, -0.15) is 0 Å². The summed E-state index contributed by atoms with van der Waals surface area (Å²) in [5, 5.41) is 18.0. The minimum absolute atomic E-state index is 0.101. The van der Waals surface area contributed by atoms with Gasteiger partial charge >= 0.3 is 5.97 Å². The first kappa shape index (κ1) is 12.2. The molecule has 4 nitrogen and oxygen atoms in total. The highest BCUT2D eigenvalue weighted by atomic mass is 16.4. The fourth-order valence-corrected chi connectivity index (χ4v) is 1.96. The topological polar surface area (TPSA) is 60.8 Å². The van der Waals surface area contributed by atoms with Crippen LogP contribution in [0.4, 0.5) is 0 Å². The van der Waals surface area contributed by atoms with Gasteiger partial charge in [0.2, 0.25) is 0 Å². The molecule has 1 unspecified atom stereocenters. The molecule has 4 heteroatoms. The van der Waals surface area contributed by atoms with Gasteiger partial charge in [-0.3, -0.25) is 4.90 Å². The van der Waals surface area contributed by atoms with Crippen molar-refractivity contribution < 1.29 is 15.0 Å². The zero-order chi connectivity index (χ0) is 11.3. The largest absolute Gasteiger partial charge is 0.478 e.